The van der Waals surface area contributed by atoms with Crippen molar-refractivity contribution in [3.05, 3.63) is 35.4 Å². The number of hydrogen-bond acceptors (Lipinski definition) is 2. The van der Waals surface area contributed by atoms with E-state index < -0.39 is 11.9 Å². The number of benzene rings is 1. The molecule has 0 aliphatic carbocycles. The summed E-state index contributed by atoms with van der Waals surface area (Å²) in [5.74, 6) is -0.562. The molecule has 1 heterocycles. The van der Waals surface area contributed by atoms with E-state index in [0.717, 1.165) is 18.7 Å². The summed E-state index contributed by atoms with van der Waals surface area (Å²) in [7, 11) is 2.11. The highest BCUT2D eigenvalue weighted by molar-refractivity contribution is 5.75. The van der Waals surface area contributed by atoms with Gasteiger partial charge in [-0.05, 0) is 25.1 Å². The highest BCUT2D eigenvalue weighted by Gasteiger charge is 2.24. The molecule has 1 atom stereocenters. The minimum atomic E-state index is -0.767. The maximum absolute atomic E-state index is 10.8. The number of carbonyl (C=O) groups is 1. The molecule has 1 fully saturated rings. The normalized spacial score (nSPS) is 19.1. The second kappa shape index (κ2) is 4.26. The molecule has 1 aliphatic rings. The number of likely N-dealkylation sites (N-methyl/N-ethyl adjacent to an activating group) is 1. The van der Waals surface area contributed by atoms with Gasteiger partial charge in [0.25, 0.3) is 0 Å². The Morgan fingerprint density at radius 2 is 1.94 bits per heavy atom. The van der Waals surface area contributed by atoms with Crippen molar-refractivity contribution < 1.29 is 9.90 Å². The molecule has 3 nitrogen and oxygen atoms in total. The first-order valence-corrected chi connectivity index (χ1v) is 5.59. The van der Waals surface area contributed by atoms with Crippen LogP contribution in [0.15, 0.2) is 24.3 Å². The van der Waals surface area contributed by atoms with Gasteiger partial charge in [-0.1, -0.05) is 24.3 Å². The Hall–Kier alpha value is -1.35. The number of aliphatic carboxylic acids is 1. The smallest absolute Gasteiger partial charge is 0.310 e. The van der Waals surface area contributed by atoms with E-state index in [9.17, 15) is 4.79 Å². The van der Waals surface area contributed by atoms with Crippen LogP contribution in [-0.4, -0.2) is 36.1 Å². The predicted octanol–water partition coefficient (Wildman–Crippen LogP) is 1.90. The van der Waals surface area contributed by atoms with Crippen LogP contribution in [0.4, 0.5) is 0 Å². The van der Waals surface area contributed by atoms with Crippen molar-refractivity contribution in [3.8, 4) is 0 Å². The lowest BCUT2D eigenvalue weighted by molar-refractivity contribution is -0.138. The molecule has 0 spiro atoms. The van der Waals surface area contributed by atoms with Crippen LogP contribution in [-0.2, 0) is 4.79 Å². The molecule has 86 valence electrons. The van der Waals surface area contributed by atoms with E-state index in [-0.39, 0.29) is 0 Å². The second-order valence-corrected chi connectivity index (χ2v) is 4.64. The van der Waals surface area contributed by atoms with Crippen LogP contribution in [0.1, 0.15) is 29.9 Å². The summed E-state index contributed by atoms with van der Waals surface area (Å²) in [6.07, 6.45) is 0. The molecule has 1 saturated heterocycles. The van der Waals surface area contributed by atoms with Crippen molar-refractivity contribution in [2.75, 3.05) is 20.1 Å². The van der Waals surface area contributed by atoms with Gasteiger partial charge in [-0.15, -0.1) is 0 Å². The molecule has 0 radical (unpaired) electrons. The highest BCUT2D eigenvalue weighted by Crippen LogP contribution is 2.26. The largest absolute Gasteiger partial charge is 0.481 e. The molecule has 3 heteroatoms. The lowest BCUT2D eigenvalue weighted by atomic mass is 9.90. The number of nitrogens with zero attached hydrogens (tertiary/aromatic N) is 1. The number of hydrogen-bond donors (Lipinski definition) is 1. The highest BCUT2D eigenvalue weighted by atomic mass is 16.4. The van der Waals surface area contributed by atoms with Gasteiger partial charge in [0.05, 0.1) is 5.92 Å². The monoisotopic (exact) mass is 219 g/mol. The molecule has 2 rings (SSSR count). The Balaban J connectivity index is 2.07. The van der Waals surface area contributed by atoms with E-state index in [2.05, 4.69) is 24.1 Å². The van der Waals surface area contributed by atoms with Gasteiger partial charge in [-0.2, -0.15) is 0 Å². The van der Waals surface area contributed by atoms with Crippen LogP contribution < -0.4 is 0 Å². The molecule has 16 heavy (non-hydrogen) atoms. The fourth-order valence-electron chi connectivity index (χ4n) is 2.11. The molecule has 1 aromatic rings. The molecule has 0 amide bonds. The summed E-state index contributed by atoms with van der Waals surface area (Å²) < 4.78 is 0. The van der Waals surface area contributed by atoms with Gasteiger partial charge in [-0.25, -0.2) is 0 Å². The van der Waals surface area contributed by atoms with Crippen LogP contribution in [0.5, 0.6) is 0 Å². The first-order valence-electron chi connectivity index (χ1n) is 5.59. The maximum Gasteiger partial charge on any atom is 0.310 e. The first-order chi connectivity index (χ1) is 7.58. The van der Waals surface area contributed by atoms with Crippen LogP contribution in [0.25, 0.3) is 0 Å². The van der Waals surface area contributed by atoms with Crippen LogP contribution in [0.2, 0.25) is 0 Å². The number of rotatable bonds is 3. The lowest BCUT2D eigenvalue weighted by Gasteiger charge is -2.36. The summed E-state index contributed by atoms with van der Waals surface area (Å²) in [6.45, 7) is 3.93. The van der Waals surface area contributed by atoms with E-state index in [4.69, 9.17) is 5.11 Å². The minimum Gasteiger partial charge on any atom is -0.481 e. The third kappa shape index (κ3) is 2.09. The molecule has 0 bridgehead atoms. The SMILES string of the molecule is CC(C(=O)O)c1ccc(C2CN(C)C2)cc1. The third-order valence-electron chi connectivity index (χ3n) is 3.34. The Kier molecular flexibility index (Phi) is 2.97. The van der Waals surface area contributed by atoms with Gasteiger partial charge in [-0.3, -0.25) is 4.79 Å². The quantitative estimate of drug-likeness (QED) is 0.844. The summed E-state index contributed by atoms with van der Waals surface area (Å²) in [4.78, 5) is 13.1. The van der Waals surface area contributed by atoms with Crippen molar-refractivity contribution in [2.45, 2.75) is 18.8 Å². The summed E-state index contributed by atoms with van der Waals surface area (Å²) >= 11 is 0. The second-order valence-electron chi connectivity index (χ2n) is 4.64. The summed E-state index contributed by atoms with van der Waals surface area (Å²) in [5.41, 5.74) is 2.20. The van der Waals surface area contributed by atoms with E-state index in [1.54, 1.807) is 6.92 Å². The van der Waals surface area contributed by atoms with Gasteiger partial charge < -0.3 is 10.0 Å². The van der Waals surface area contributed by atoms with E-state index in [0.29, 0.717) is 5.92 Å². The third-order valence-corrected chi connectivity index (χ3v) is 3.34. The van der Waals surface area contributed by atoms with Crippen LogP contribution >= 0.6 is 0 Å². The van der Waals surface area contributed by atoms with Crippen LogP contribution in [0, 0.1) is 0 Å². The van der Waals surface area contributed by atoms with Crippen molar-refractivity contribution in [1.82, 2.24) is 4.90 Å². The number of likely N-dealkylation sites (tertiary alicyclic amines) is 1. The molecular weight excluding hydrogens is 202 g/mol. The molecule has 1 unspecified atom stereocenters. The average molecular weight is 219 g/mol. The zero-order valence-corrected chi connectivity index (χ0v) is 9.68. The van der Waals surface area contributed by atoms with E-state index in [1.165, 1.54) is 5.56 Å². The fraction of sp³-hybridized carbons (Fsp3) is 0.462. The van der Waals surface area contributed by atoms with Gasteiger partial charge in [0.1, 0.15) is 0 Å². The Labute approximate surface area is 95.7 Å². The standard InChI is InChI=1S/C13H17NO2/c1-9(13(15)16)10-3-5-11(6-4-10)12-7-14(2)8-12/h3-6,9,12H,7-8H2,1-2H3,(H,15,16). The van der Waals surface area contributed by atoms with Gasteiger partial charge in [0.15, 0.2) is 0 Å². The topological polar surface area (TPSA) is 40.5 Å². The lowest BCUT2D eigenvalue weighted by Crippen LogP contribution is -2.41. The maximum atomic E-state index is 10.8. The van der Waals surface area contributed by atoms with Crippen molar-refractivity contribution in [2.24, 2.45) is 0 Å². The summed E-state index contributed by atoms with van der Waals surface area (Å²) in [6, 6.07) is 8.00. The van der Waals surface area contributed by atoms with Crippen molar-refractivity contribution in [3.63, 3.8) is 0 Å². The predicted molar refractivity (Wildman–Crippen MR) is 62.7 cm³/mol. The Bertz CT molecular complexity index is 379. The van der Waals surface area contributed by atoms with Gasteiger partial charge in [0, 0.05) is 19.0 Å². The Morgan fingerprint density at radius 1 is 1.38 bits per heavy atom. The van der Waals surface area contributed by atoms with E-state index in [1.807, 2.05) is 12.1 Å². The van der Waals surface area contributed by atoms with Crippen LogP contribution in [0.3, 0.4) is 0 Å². The molecule has 1 N–H and O–H groups in total. The Morgan fingerprint density at radius 3 is 2.38 bits per heavy atom. The number of carboxylic acids is 1. The average Bonchev–Trinajstić information content (AvgIpc) is 2.24. The molecule has 1 aromatic carbocycles. The zero-order valence-electron chi connectivity index (χ0n) is 9.68. The molecule has 0 saturated carbocycles. The molecular formula is C13H17NO2. The van der Waals surface area contributed by atoms with Gasteiger partial charge >= 0.3 is 5.97 Å². The van der Waals surface area contributed by atoms with Gasteiger partial charge in [0.2, 0.25) is 0 Å². The minimum absolute atomic E-state index is 0.418. The zero-order chi connectivity index (χ0) is 11.7. The van der Waals surface area contributed by atoms with E-state index >= 15 is 0 Å². The first kappa shape index (κ1) is 11.1. The van der Waals surface area contributed by atoms with Crippen molar-refractivity contribution in [1.29, 1.82) is 0 Å². The molecule has 1 aliphatic heterocycles. The summed E-state index contributed by atoms with van der Waals surface area (Å²) in [5, 5.41) is 8.90. The fourth-order valence-corrected chi connectivity index (χ4v) is 2.11. The van der Waals surface area contributed by atoms with Crippen molar-refractivity contribution >= 4 is 5.97 Å². The molecule has 0 aromatic heterocycles. The number of carboxylic acid groups (broad SMARTS) is 1.